The molecule has 0 aliphatic carbocycles. The molecule has 2 amide bonds. The summed E-state index contributed by atoms with van der Waals surface area (Å²) in [4.78, 5) is 55.3. The Morgan fingerprint density at radius 1 is 1.26 bits per heavy atom. The molecule has 6 rings (SSSR count). The summed E-state index contributed by atoms with van der Waals surface area (Å²) in [6.07, 6.45) is 3.28. The third-order valence-electron chi connectivity index (χ3n) is 9.04. The first-order chi connectivity index (χ1) is 18.7. The molecule has 0 radical (unpaired) electrons. The number of amides is 2. The number of carbonyl (C=O) groups is 4. The lowest BCUT2D eigenvalue weighted by molar-refractivity contribution is -0.160. The number of thioether (sulfide) groups is 1. The molecule has 5 aliphatic heterocycles. The van der Waals surface area contributed by atoms with Crippen LogP contribution in [0.1, 0.15) is 33.1 Å². The van der Waals surface area contributed by atoms with E-state index in [-0.39, 0.29) is 65.4 Å². The van der Waals surface area contributed by atoms with Crippen molar-refractivity contribution in [3.05, 3.63) is 16.9 Å². The van der Waals surface area contributed by atoms with Crippen molar-refractivity contribution in [2.75, 3.05) is 26.2 Å². The first-order valence-electron chi connectivity index (χ1n) is 13.7. The van der Waals surface area contributed by atoms with Gasteiger partial charge in [0.25, 0.3) is 0 Å². The minimum absolute atomic E-state index is 0.0335. The number of hydrogen-bond acceptors (Lipinski definition) is 10. The van der Waals surface area contributed by atoms with E-state index in [0.717, 1.165) is 26.1 Å². The average molecular weight is 559 g/mol. The van der Waals surface area contributed by atoms with Gasteiger partial charge in [0.2, 0.25) is 11.8 Å². The summed E-state index contributed by atoms with van der Waals surface area (Å²) < 4.78 is 1.35. The largest absolute Gasteiger partial charge is 0.477 e. The zero-order valence-electron chi connectivity index (χ0n) is 22.0. The standard InChI is InChI=1S/C25H34N8O5S/c1-12(5-15(34)9-32-11-28-29-30-32)19-20-13(2)22(21(25(37)38)33(20)24(19)36)39-16-6-17(27-7-16)23(35)31-8-14-3-4-26-18(14)10-31/h11-14,16-20,26-27H,3-10H2,1-2H3,(H,37,38)/t12-,13?,14?,16-,17-,18?,19+,20+/m0/s1. The molecule has 0 saturated carbocycles. The fraction of sp³-hybridized carbons (Fsp3) is 0.720. The van der Waals surface area contributed by atoms with Crippen molar-refractivity contribution in [2.24, 2.45) is 23.7 Å². The molecule has 210 valence electrons. The maximum atomic E-state index is 13.2. The van der Waals surface area contributed by atoms with Crippen LogP contribution in [0.2, 0.25) is 0 Å². The molecule has 8 atom stereocenters. The van der Waals surface area contributed by atoms with Gasteiger partial charge in [-0.15, -0.1) is 16.9 Å². The summed E-state index contributed by atoms with van der Waals surface area (Å²) in [7, 11) is 0. The van der Waals surface area contributed by atoms with Gasteiger partial charge in [0.15, 0.2) is 5.78 Å². The second-order valence-corrected chi connectivity index (χ2v) is 12.9. The zero-order chi connectivity index (χ0) is 27.4. The smallest absolute Gasteiger partial charge is 0.353 e. The van der Waals surface area contributed by atoms with Crippen molar-refractivity contribution in [2.45, 2.75) is 63.0 Å². The number of rotatable bonds is 9. The number of aliphatic carboxylic acids is 1. The SMILES string of the molecule is CC1C(S[C@@H]2CN[C@H](C(=O)N3CC4CCNC4C3)C2)=C(C(=O)O)N2C(=O)[C@H]([C@@H](C)CC(=O)Cn3cnnn3)[C@@H]12. The third kappa shape index (κ3) is 4.65. The highest BCUT2D eigenvalue weighted by Crippen LogP contribution is 2.53. The average Bonchev–Trinajstić information content (AvgIpc) is 3.69. The molecule has 39 heavy (non-hydrogen) atoms. The Kier molecular flexibility index (Phi) is 6.96. The Morgan fingerprint density at radius 2 is 2.08 bits per heavy atom. The Balaban J connectivity index is 1.09. The maximum absolute atomic E-state index is 13.2. The van der Waals surface area contributed by atoms with Crippen LogP contribution < -0.4 is 10.6 Å². The summed E-state index contributed by atoms with van der Waals surface area (Å²) in [6.45, 7) is 7.05. The van der Waals surface area contributed by atoms with Crippen LogP contribution >= 0.6 is 11.8 Å². The van der Waals surface area contributed by atoms with Crippen molar-refractivity contribution in [3.8, 4) is 0 Å². The lowest BCUT2D eigenvalue weighted by Gasteiger charge is -2.47. The van der Waals surface area contributed by atoms with E-state index in [1.54, 1.807) is 0 Å². The van der Waals surface area contributed by atoms with Crippen LogP contribution in [0.4, 0.5) is 0 Å². The van der Waals surface area contributed by atoms with Gasteiger partial charge in [-0.25, -0.2) is 9.48 Å². The fourth-order valence-electron chi connectivity index (χ4n) is 7.16. The number of tetrazole rings is 1. The number of carboxylic acid groups (broad SMARTS) is 1. The monoisotopic (exact) mass is 558 g/mol. The number of ketones is 1. The number of hydrogen-bond donors (Lipinski definition) is 3. The lowest BCUT2D eigenvalue weighted by Crippen LogP contribution is -2.62. The second kappa shape index (κ2) is 10.3. The van der Waals surface area contributed by atoms with Crippen LogP contribution in [-0.2, 0) is 25.7 Å². The van der Waals surface area contributed by atoms with E-state index in [9.17, 15) is 24.3 Å². The number of carbonyl (C=O) groups excluding carboxylic acids is 3. The number of carboxylic acids is 1. The zero-order valence-corrected chi connectivity index (χ0v) is 22.8. The van der Waals surface area contributed by atoms with Crippen molar-refractivity contribution >= 4 is 35.3 Å². The number of aromatic nitrogens is 4. The van der Waals surface area contributed by atoms with Crippen molar-refractivity contribution in [1.29, 1.82) is 0 Å². The van der Waals surface area contributed by atoms with E-state index in [2.05, 4.69) is 26.2 Å². The third-order valence-corrected chi connectivity index (χ3v) is 10.6. The molecule has 1 aromatic rings. The van der Waals surface area contributed by atoms with Crippen LogP contribution in [0.15, 0.2) is 16.9 Å². The molecule has 5 aliphatic rings. The predicted octanol–water partition coefficient (Wildman–Crippen LogP) is -0.675. The quantitative estimate of drug-likeness (QED) is 0.329. The highest BCUT2D eigenvalue weighted by Gasteiger charge is 2.60. The van der Waals surface area contributed by atoms with Gasteiger partial charge in [0.1, 0.15) is 18.6 Å². The number of nitrogens with zero attached hydrogens (tertiary/aromatic N) is 6. The van der Waals surface area contributed by atoms with E-state index >= 15 is 0 Å². The topological polar surface area (TPSA) is 163 Å². The first-order valence-corrected chi connectivity index (χ1v) is 14.6. The van der Waals surface area contributed by atoms with Crippen molar-refractivity contribution < 1.29 is 24.3 Å². The molecule has 0 bridgehead atoms. The van der Waals surface area contributed by atoms with Gasteiger partial charge >= 0.3 is 5.97 Å². The highest BCUT2D eigenvalue weighted by molar-refractivity contribution is 8.03. The molecule has 0 aromatic carbocycles. The Hall–Kier alpha value is -2.84. The van der Waals surface area contributed by atoms with Gasteiger partial charge in [-0.2, -0.15) is 0 Å². The maximum Gasteiger partial charge on any atom is 0.353 e. The fourth-order valence-corrected chi connectivity index (χ4v) is 8.64. The van der Waals surface area contributed by atoms with Crippen molar-refractivity contribution in [3.63, 3.8) is 0 Å². The molecule has 3 N–H and O–H groups in total. The van der Waals surface area contributed by atoms with Gasteiger partial charge < -0.3 is 25.5 Å². The molecule has 6 heterocycles. The van der Waals surface area contributed by atoms with Gasteiger partial charge in [0, 0.05) is 48.2 Å². The van der Waals surface area contributed by atoms with Gasteiger partial charge in [-0.1, -0.05) is 13.8 Å². The van der Waals surface area contributed by atoms with Crippen LogP contribution in [0.25, 0.3) is 0 Å². The van der Waals surface area contributed by atoms with E-state index in [1.807, 2.05) is 18.7 Å². The highest BCUT2D eigenvalue weighted by atomic mass is 32.2. The van der Waals surface area contributed by atoms with Crippen LogP contribution in [0, 0.1) is 23.7 Å². The number of nitrogens with one attached hydrogen (secondary N) is 2. The summed E-state index contributed by atoms with van der Waals surface area (Å²) in [6, 6.07) is -0.162. The summed E-state index contributed by atoms with van der Waals surface area (Å²) in [5, 5.41) is 27.7. The van der Waals surface area contributed by atoms with Gasteiger partial charge in [-0.3, -0.25) is 14.4 Å². The summed E-state index contributed by atoms with van der Waals surface area (Å²) >= 11 is 1.49. The van der Waals surface area contributed by atoms with Crippen LogP contribution in [-0.4, -0.2) is 108 Å². The number of fused-ring (bicyclic) bond motifs is 2. The molecular formula is C25H34N8O5S. The van der Waals surface area contributed by atoms with Crippen LogP contribution in [0.5, 0.6) is 0 Å². The summed E-state index contributed by atoms with van der Waals surface area (Å²) in [5.41, 5.74) is 0.0548. The van der Waals surface area contributed by atoms with E-state index in [4.69, 9.17) is 0 Å². The molecule has 4 saturated heterocycles. The Bertz CT molecular complexity index is 1190. The number of β-lactam (4-membered cyclic amide) rings is 1. The first kappa shape index (κ1) is 26.4. The summed E-state index contributed by atoms with van der Waals surface area (Å²) in [5.74, 6) is -1.61. The normalized spacial score (nSPS) is 34.3. The van der Waals surface area contributed by atoms with E-state index in [1.165, 1.54) is 27.7 Å². The second-order valence-electron chi connectivity index (χ2n) is 11.5. The minimum atomic E-state index is -1.12. The molecule has 3 unspecified atom stereocenters. The number of Topliss-reactive ketones (excluding diaryl/α,β-unsaturated/α-hetero) is 1. The molecule has 0 spiro atoms. The molecule has 1 aromatic heterocycles. The van der Waals surface area contributed by atoms with E-state index < -0.39 is 11.9 Å². The van der Waals surface area contributed by atoms with Crippen LogP contribution in [0.3, 0.4) is 0 Å². The molecular weight excluding hydrogens is 524 g/mol. The van der Waals surface area contributed by atoms with Crippen molar-refractivity contribution in [1.82, 2.24) is 40.6 Å². The molecule has 14 heteroatoms. The van der Waals surface area contributed by atoms with Gasteiger partial charge in [-0.05, 0) is 41.6 Å². The minimum Gasteiger partial charge on any atom is -0.477 e. The lowest BCUT2D eigenvalue weighted by atomic mass is 9.73. The van der Waals surface area contributed by atoms with E-state index in [0.29, 0.717) is 29.8 Å². The predicted molar refractivity (Wildman–Crippen MR) is 139 cm³/mol. The number of likely N-dealkylation sites (tertiary alicyclic amines) is 1. The molecule has 4 fully saturated rings. The Labute approximate surface area is 230 Å². The molecule has 13 nitrogen and oxygen atoms in total. The Morgan fingerprint density at radius 3 is 2.79 bits per heavy atom. The van der Waals surface area contributed by atoms with Gasteiger partial charge in [0.05, 0.1) is 18.0 Å².